The monoisotopic (exact) mass is 444 g/mol. The number of unbranched alkanes of at least 4 members (excludes halogenated alkanes) is 6. The SMILES string of the molecule is C=CCCCCCCCCC(=O)OCC(C)(C)[C@@H](O)C(=O)NCCC(=O)NCCS. The van der Waals surface area contributed by atoms with Gasteiger partial charge in [0.25, 0.3) is 0 Å². The number of thiol groups is 1. The summed E-state index contributed by atoms with van der Waals surface area (Å²) in [6.07, 6.45) is 8.47. The Balaban J connectivity index is 4.01. The number of hydrogen-bond acceptors (Lipinski definition) is 6. The van der Waals surface area contributed by atoms with Crippen molar-refractivity contribution >= 4 is 30.4 Å². The van der Waals surface area contributed by atoms with Gasteiger partial charge in [-0.25, -0.2) is 0 Å². The van der Waals surface area contributed by atoms with Crippen LogP contribution >= 0.6 is 12.6 Å². The van der Waals surface area contributed by atoms with Gasteiger partial charge in [0, 0.05) is 37.1 Å². The summed E-state index contributed by atoms with van der Waals surface area (Å²) in [6, 6.07) is 0. The second-order valence-corrected chi connectivity index (χ2v) is 8.56. The molecule has 0 aromatic carbocycles. The highest BCUT2D eigenvalue weighted by Crippen LogP contribution is 2.22. The van der Waals surface area contributed by atoms with Gasteiger partial charge >= 0.3 is 5.97 Å². The van der Waals surface area contributed by atoms with Crippen LogP contribution in [0.4, 0.5) is 0 Å². The molecule has 0 aliphatic heterocycles. The second kappa shape index (κ2) is 17.2. The molecule has 7 nitrogen and oxygen atoms in total. The Morgan fingerprint density at radius 2 is 1.67 bits per heavy atom. The number of aliphatic hydroxyl groups is 1. The highest BCUT2D eigenvalue weighted by atomic mass is 32.1. The third-order valence-corrected chi connectivity index (χ3v) is 4.94. The molecular formula is C22H40N2O5S. The minimum Gasteiger partial charge on any atom is -0.465 e. The summed E-state index contributed by atoms with van der Waals surface area (Å²) < 4.78 is 5.26. The molecule has 0 aromatic rings. The van der Waals surface area contributed by atoms with Gasteiger partial charge in [-0.1, -0.05) is 45.6 Å². The average Bonchev–Trinajstić information content (AvgIpc) is 2.72. The van der Waals surface area contributed by atoms with Crippen LogP contribution in [0.5, 0.6) is 0 Å². The van der Waals surface area contributed by atoms with Crippen molar-refractivity contribution in [2.24, 2.45) is 5.41 Å². The van der Waals surface area contributed by atoms with E-state index in [0.29, 0.717) is 18.7 Å². The molecule has 1 atom stereocenters. The minimum absolute atomic E-state index is 0.0512. The standard InChI is InChI=1S/C22H40N2O5S/c1-4-5-6-7-8-9-10-11-12-19(26)29-17-22(2,3)20(27)21(28)24-14-13-18(25)23-15-16-30/h4,20,27,30H,1,5-17H2,2-3H3,(H,23,25)(H,24,28)/t20-/m0/s1. The van der Waals surface area contributed by atoms with Crippen molar-refractivity contribution in [3.8, 4) is 0 Å². The maximum absolute atomic E-state index is 12.1. The maximum Gasteiger partial charge on any atom is 0.305 e. The Morgan fingerprint density at radius 1 is 1.03 bits per heavy atom. The molecule has 0 unspecified atom stereocenters. The number of carbonyl (C=O) groups is 3. The van der Waals surface area contributed by atoms with Crippen LogP contribution in [0.15, 0.2) is 12.7 Å². The summed E-state index contributed by atoms with van der Waals surface area (Å²) in [6.45, 7) is 7.56. The normalized spacial score (nSPS) is 12.1. The Bertz CT molecular complexity index is 526. The van der Waals surface area contributed by atoms with E-state index in [1.54, 1.807) is 13.8 Å². The van der Waals surface area contributed by atoms with E-state index < -0.39 is 17.4 Å². The fourth-order valence-corrected chi connectivity index (χ4v) is 2.83. The van der Waals surface area contributed by atoms with E-state index in [4.69, 9.17) is 4.74 Å². The van der Waals surface area contributed by atoms with Crippen LogP contribution in [-0.2, 0) is 19.1 Å². The predicted molar refractivity (Wildman–Crippen MR) is 122 cm³/mol. The molecule has 0 heterocycles. The van der Waals surface area contributed by atoms with Crippen LogP contribution in [0, 0.1) is 5.41 Å². The van der Waals surface area contributed by atoms with Crippen LogP contribution in [0.25, 0.3) is 0 Å². The quantitative estimate of drug-likeness (QED) is 0.113. The van der Waals surface area contributed by atoms with Gasteiger partial charge in [0.15, 0.2) is 0 Å². The first-order valence-electron chi connectivity index (χ1n) is 10.8. The van der Waals surface area contributed by atoms with Crippen molar-refractivity contribution in [3.05, 3.63) is 12.7 Å². The predicted octanol–water partition coefficient (Wildman–Crippen LogP) is 2.78. The van der Waals surface area contributed by atoms with Gasteiger partial charge in [-0.15, -0.1) is 6.58 Å². The van der Waals surface area contributed by atoms with Gasteiger partial charge in [-0.3, -0.25) is 14.4 Å². The Labute approximate surface area is 186 Å². The molecule has 0 radical (unpaired) electrons. The van der Waals surface area contributed by atoms with Crippen molar-refractivity contribution in [1.29, 1.82) is 0 Å². The van der Waals surface area contributed by atoms with Crippen molar-refractivity contribution in [3.63, 3.8) is 0 Å². The number of amides is 2. The number of aliphatic hydroxyl groups excluding tert-OH is 1. The van der Waals surface area contributed by atoms with Crippen molar-refractivity contribution in [2.75, 3.05) is 25.4 Å². The van der Waals surface area contributed by atoms with Gasteiger partial charge in [-0.2, -0.15) is 12.6 Å². The smallest absolute Gasteiger partial charge is 0.305 e. The van der Waals surface area contributed by atoms with Crippen molar-refractivity contribution in [1.82, 2.24) is 10.6 Å². The number of ether oxygens (including phenoxy) is 1. The first-order valence-corrected chi connectivity index (χ1v) is 11.5. The van der Waals surface area contributed by atoms with Gasteiger partial charge < -0.3 is 20.5 Å². The van der Waals surface area contributed by atoms with Gasteiger partial charge in [0.1, 0.15) is 6.10 Å². The zero-order chi connectivity index (χ0) is 22.8. The maximum atomic E-state index is 12.1. The molecule has 3 N–H and O–H groups in total. The molecule has 2 amide bonds. The number of esters is 1. The molecule has 0 saturated carbocycles. The fraction of sp³-hybridized carbons (Fsp3) is 0.773. The molecule has 174 valence electrons. The van der Waals surface area contributed by atoms with E-state index in [2.05, 4.69) is 29.8 Å². The van der Waals surface area contributed by atoms with Gasteiger partial charge in [-0.05, 0) is 19.3 Å². The highest BCUT2D eigenvalue weighted by molar-refractivity contribution is 7.80. The third-order valence-electron chi connectivity index (χ3n) is 4.72. The first-order chi connectivity index (χ1) is 14.2. The van der Waals surface area contributed by atoms with E-state index in [9.17, 15) is 19.5 Å². The van der Waals surface area contributed by atoms with E-state index in [1.807, 2.05) is 6.08 Å². The zero-order valence-electron chi connectivity index (χ0n) is 18.6. The van der Waals surface area contributed by atoms with Crippen molar-refractivity contribution < 1.29 is 24.2 Å². The lowest BCUT2D eigenvalue weighted by Gasteiger charge is -2.29. The average molecular weight is 445 g/mol. The first kappa shape index (κ1) is 28.5. The molecule has 8 heteroatoms. The highest BCUT2D eigenvalue weighted by Gasteiger charge is 2.34. The fourth-order valence-electron chi connectivity index (χ4n) is 2.72. The van der Waals surface area contributed by atoms with Gasteiger partial charge in [0.05, 0.1) is 6.61 Å². The van der Waals surface area contributed by atoms with Crippen molar-refractivity contribution in [2.45, 2.75) is 77.7 Å². The molecule has 0 aliphatic rings. The number of rotatable bonds is 18. The lowest BCUT2D eigenvalue weighted by atomic mass is 9.87. The third kappa shape index (κ3) is 14.4. The molecule has 0 rings (SSSR count). The molecule has 0 aromatic heterocycles. The molecular weight excluding hydrogens is 404 g/mol. The molecule has 0 aliphatic carbocycles. The summed E-state index contributed by atoms with van der Waals surface area (Å²) in [5.41, 5.74) is -0.931. The van der Waals surface area contributed by atoms with Crippen LogP contribution in [0.1, 0.15) is 71.6 Å². The Kier molecular flexibility index (Phi) is 16.3. The topological polar surface area (TPSA) is 105 Å². The van der Waals surface area contributed by atoms with Crippen LogP contribution in [0.3, 0.4) is 0 Å². The Morgan fingerprint density at radius 3 is 2.30 bits per heavy atom. The lowest BCUT2D eigenvalue weighted by Crippen LogP contribution is -2.47. The summed E-state index contributed by atoms with van der Waals surface area (Å²) in [5, 5.41) is 15.5. The molecule has 30 heavy (non-hydrogen) atoms. The molecule has 0 bridgehead atoms. The summed E-state index contributed by atoms with van der Waals surface area (Å²) in [7, 11) is 0. The number of nitrogens with one attached hydrogen (secondary N) is 2. The molecule has 0 spiro atoms. The van der Waals surface area contributed by atoms with Crippen LogP contribution in [-0.4, -0.2) is 54.4 Å². The van der Waals surface area contributed by atoms with E-state index in [-0.39, 0.29) is 31.4 Å². The zero-order valence-corrected chi connectivity index (χ0v) is 19.5. The molecule has 0 fully saturated rings. The summed E-state index contributed by atoms with van der Waals surface area (Å²) in [4.78, 5) is 35.5. The summed E-state index contributed by atoms with van der Waals surface area (Å²) in [5.74, 6) is -0.554. The number of carbonyl (C=O) groups excluding carboxylic acids is 3. The van der Waals surface area contributed by atoms with Gasteiger partial charge in [0.2, 0.25) is 11.8 Å². The minimum atomic E-state index is -1.35. The van der Waals surface area contributed by atoms with Crippen LogP contribution < -0.4 is 10.6 Å². The molecule has 0 saturated heterocycles. The van der Waals surface area contributed by atoms with E-state index in [0.717, 1.165) is 32.1 Å². The number of allylic oxidation sites excluding steroid dienone is 1. The van der Waals surface area contributed by atoms with E-state index >= 15 is 0 Å². The largest absolute Gasteiger partial charge is 0.465 e. The lowest BCUT2D eigenvalue weighted by molar-refractivity contribution is -0.153. The number of hydrogen-bond donors (Lipinski definition) is 4. The second-order valence-electron chi connectivity index (χ2n) is 8.12. The Hall–Kier alpha value is -1.54. The van der Waals surface area contributed by atoms with Crippen LogP contribution in [0.2, 0.25) is 0 Å². The van der Waals surface area contributed by atoms with E-state index in [1.165, 1.54) is 12.8 Å². The summed E-state index contributed by atoms with van der Waals surface area (Å²) >= 11 is 4.00.